The average molecular weight is 282 g/mol. The van der Waals surface area contributed by atoms with Crippen molar-refractivity contribution < 1.29 is 0 Å². The van der Waals surface area contributed by atoms with E-state index in [0.717, 1.165) is 12.8 Å². The van der Waals surface area contributed by atoms with Gasteiger partial charge in [-0.3, -0.25) is 10.3 Å². The van der Waals surface area contributed by atoms with Crippen LogP contribution in [-0.4, -0.2) is 54.9 Å². The minimum absolute atomic E-state index is 0.136. The van der Waals surface area contributed by atoms with Crippen LogP contribution in [0.1, 0.15) is 52.9 Å². The molecule has 1 fully saturated rings. The highest BCUT2D eigenvalue weighted by atomic mass is 15.2. The van der Waals surface area contributed by atoms with Crippen LogP contribution in [0.4, 0.5) is 0 Å². The molecule has 1 aliphatic heterocycles. The van der Waals surface area contributed by atoms with E-state index in [1.807, 2.05) is 0 Å². The second kappa shape index (κ2) is 7.99. The summed E-state index contributed by atoms with van der Waals surface area (Å²) in [6.07, 6.45) is 5.92. The van der Waals surface area contributed by atoms with Crippen molar-refractivity contribution in [3.05, 3.63) is 0 Å². The number of hydrogen-bond donors (Lipinski definition) is 2. The summed E-state index contributed by atoms with van der Waals surface area (Å²) < 4.78 is 0. The topological polar surface area (TPSA) is 56.4 Å². The molecule has 20 heavy (non-hydrogen) atoms. The van der Waals surface area contributed by atoms with Gasteiger partial charge in [-0.1, -0.05) is 27.2 Å². The first-order chi connectivity index (χ1) is 9.36. The molecule has 1 heterocycles. The summed E-state index contributed by atoms with van der Waals surface area (Å²) in [6.45, 7) is 11.3. The van der Waals surface area contributed by atoms with Gasteiger partial charge in [-0.2, -0.15) is 0 Å². The summed E-state index contributed by atoms with van der Waals surface area (Å²) >= 11 is 0. The molecule has 118 valence electrons. The van der Waals surface area contributed by atoms with Crippen LogP contribution >= 0.6 is 0 Å². The molecule has 4 heteroatoms. The molecule has 0 saturated carbocycles. The van der Waals surface area contributed by atoms with Gasteiger partial charge in [0.15, 0.2) is 0 Å². The van der Waals surface area contributed by atoms with Crippen molar-refractivity contribution in [3.63, 3.8) is 0 Å². The van der Waals surface area contributed by atoms with Gasteiger partial charge < -0.3 is 10.6 Å². The van der Waals surface area contributed by atoms with Gasteiger partial charge in [0.2, 0.25) is 0 Å². The highest BCUT2D eigenvalue weighted by Gasteiger charge is 2.23. The van der Waals surface area contributed by atoms with E-state index < -0.39 is 0 Å². The number of hydrogen-bond acceptors (Lipinski definition) is 3. The molecule has 0 aromatic carbocycles. The quantitative estimate of drug-likeness (QED) is 0.428. The summed E-state index contributed by atoms with van der Waals surface area (Å²) in [5.41, 5.74) is 5.51. The lowest BCUT2D eigenvalue weighted by atomic mass is 9.86. The third-order valence-electron chi connectivity index (χ3n) is 4.72. The van der Waals surface area contributed by atoms with Crippen molar-refractivity contribution in [1.82, 2.24) is 9.80 Å². The van der Waals surface area contributed by atoms with Gasteiger partial charge in [0, 0.05) is 18.0 Å². The van der Waals surface area contributed by atoms with Crippen LogP contribution in [0.15, 0.2) is 0 Å². The van der Waals surface area contributed by atoms with Crippen LogP contribution in [0.5, 0.6) is 0 Å². The largest absolute Gasteiger partial charge is 0.387 e. The first-order valence-corrected chi connectivity index (χ1v) is 8.14. The monoisotopic (exact) mass is 282 g/mol. The van der Waals surface area contributed by atoms with Crippen LogP contribution < -0.4 is 5.73 Å². The number of unbranched alkanes of at least 4 members (excludes halogenated alkanes) is 1. The summed E-state index contributed by atoms with van der Waals surface area (Å²) in [6, 6.07) is 0.711. The van der Waals surface area contributed by atoms with Crippen LogP contribution in [0.25, 0.3) is 0 Å². The minimum Gasteiger partial charge on any atom is -0.387 e. The first-order valence-electron chi connectivity index (χ1n) is 8.14. The van der Waals surface area contributed by atoms with Crippen molar-refractivity contribution in [2.45, 2.75) is 58.9 Å². The van der Waals surface area contributed by atoms with Crippen molar-refractivity contribution in [3.8, 4) is 0 Å². The first kappa shape index (κ1) is 17.4. The van der Waals surface area contributed by atoms with Gasteiger partial charge in [0.05, 0.1) is 5.84 Å². The predicted molar refractivity (Wildman–Crippen MR) is 87.3 cm³/mol. The lowest BCUT2D eigenvalue weighted by molar-refractivity contribution is 0.179. The van der Waals surface area contributed by atoms with E-state index >= 15 is 0 Å². The van der Waals surface area contributed by atoms with E-state index in [0.29, 0.717) is 11.9 Å². The Kier molecular flexibility index (Phi) is 6.96. The molecule has 4 nitrogen and oxygen atoms in total. The molecule has 0 radical (unpaired) electrons. The number of nitrogens with zero attached hydrogens (tertiary/aromatic N) is 2. The van der Waals surface area contributed by atoms with Gasteiger partial charge in [-0.15, -0.1) is 0 Å². The molecule has 0 amide bonds. The van der Waals surface area contributed by atoms with Crippen LogP contribution in [0, 0.1) is 10.8 Å². The molecular weight excluding hydrogens is 248 g/mol. The Bertz CT molecular complexity index is 301. The van der Waals surface area contributed by atoms with E-state index in [1.165, 1.54) is 45.4 Å². The Labute approximate surface area is 125 Å². The average Bonchev–Trinajstić information content (AvgIpc) is 2.56. The maximum absolute atomic E-state index is 7.60. The molecule has 0 spiro atoms. The lowest BCUT2D eigenvalue weighted by Crippen LogP contribution is -2.40. The summed E-state index contributed by atoms with van der Waals surface area (Å²) in [4.78, 5) is 5.14. The van der Waals surface area contributed by atoms with Gasteiger partial charge >= 0.3 is 0 Å². The minimum atomic E-state index is -0.136. The molecule has 0 aromatic heterocycles. The third-order valence-corrected chi connectivity index (χ3v) is 4.72. The maximum Gasteiger partial charge on any atom is 0.0963 e. The number of amidine groups is 1. The second-order valence-corrected chi connectivity index (χ2v) is 6.97. The zero-order chi connectivity index (χ0) is 15.2. The molecule has 0 aromatic rings. The van der Waals surface area contributed by atoms with E-state index in [1.54, 1.807) is 0 Å². The highest BCUT2D eigenvalue weighted by molar-refractivity contribution is 5.82. The molecule has 1 rings (SSSR count). The smallest absolute Gasteiger partial charge is 0.0963 e. The van der Waals surface area contributed by atoms with E-state index in [9.17, 15) is 0 Å². The van der Waals surface area contributed by atoms with Gasteiger partial charge in [0.1, 0.15) is 0 Å². The summed E-state index contributed by atoms with van der Waals surface area (Å²) in [7, 11) is 2.24. The van der Waals surface area contributed by atoms with Crippen molar-refractivity contribution in [1.29, 1.82) is 5.41 Å². The Morgan fingerprint density at radius 3 is 2.60 bits per heavy atom. The zero-order valence-corrected chi connectivity index (χ0v) is 13.9. The number of likely N-dealkylation sites (N-methyl/N-ethyl adjacent to an activating group) is 1. The maximum atomic E-state index is 7.60. The predicted octanol–water partition coefficient (Wildman–Crippen LogP) is 2.53. The summed E-state index contributed by atoms with van der Waals surface area (Å²) in [5.74, 6) is 0.320. The van der Waals surface area contributed by atoms with E-state index in [4.69, 9.17) is 11.1 Å². The molecule has 3 N–H and O–H groups in total. The fourth-order valence-electron chi connectivity index (χ4n) is 2.99. The van der Waals surface area contributed by atoms with Crippen molar-refractivity contribution in [2.75, 3.05) is 33.2 Å². The van der Waals surface area contributed by atoms with Crippen LogP contribution in [-0.2, 0) is 0 Å². The van der Waals surface area contributed by atoms with Gasteiger partial charge in [0.25, 0.3) is 0 Å². The molecule has 1 atom stereocenters. The van der Waals surface area contributed by atoms with Crippen LogP contribution in [0.2, 0.25) is 0 Å². The van der Waals surface area contributed by atoms with Crippen LogP contribution in [0.3, 0.4) is 0 Å². The fraction of sp³-hybridized carbons (Fsp3) is 0.938. The molecule has 1 unspecified atom stereocenters. The molecule has 0 aliphatic carbocycles. The number of nitrogens with one attached hydrogen (secondary N) is 1. The van der Waals surface area contributed by atoms with Gasteiger partial charge in [-0.25, -0.2) is 0 Å². The molecule has 1 aliphatic rings. The molecule has 1 saturated heterocycles. The Morgan fingerprint density at radius 1 is 1.30 bits per heavy atom. The molecular formula is C16H34N4. The van der Waals surface area contributed by atoms with Crippen molar-refractivity contribution >= 4 is 5.84 Å². The fourth-order valence-corrected chi connectivity index (χ4v) is 2.99. The Morgan fingerprint density at radius 2 is 2.00 bits per heavy atom. The van der Waals surface area contributed by atoms with Crippen molar-refractivity contribution in [2.24, 2.45) is 11.1 Å². The zero-order valence-electron chi connectivity index (χ0n) is 13.9. The Balaban J connectivity index is 2.34. The normalized spacial score (nSPS) is 22.7. The van der Waals surface area contributed by atoms with E-state index in [2.05, 4.69) is 37.6 Å². The summed E-state index contributed by atoms with van der Waals surface area (Å²) in [5, 5.41) is 7.60. The van der Waals surface area contributed by atoms with Gasteiger partial charge in [-0.05, 0) is 52.4 Å². The van der Waals surface area contributed by atoms with E-state index in [-0.39, 0.29) is 5.41 Å². The standard InChI is InChI=1S/C16H34N4/c1-5-14-13-19(4)10-8-12-20(14)11-7-6-9-16(2,3)15(17)18/h14H,5-13H2,1-4H3,(H3,17,18). The number of rotatable bonds is 7. The Hall–Kier alpha value is -0.610. The SMILES string of the molecule is CCC1CN(C)CCCN1CCCCC(C)(C)C(=N)N. The molecule has 0 bridgehead atoms. The lowest BCUT2D eigenvalue weighted by Gasteiger charge is -2.30. The number of nitrogens with two attached hydrogens (primary N) is 1. The highest BCUT2D eigenvalue weighted by Crippen LogP contribution is 2.23. The third kappa shape index (κ3) is 5.41. The second-order valence-electron chi connectivity index (χ2n) is 6.97.